The van der Waals surface area contributed by atoms with Gasteiger partial charge in [0.05, 0.1) is 9.94 Å². The van der Waals surface area contributed by atoms with Gasteiger partial charge < -0.3 is 10.5 Å². The van der Waals surface area contributed by atoms with Gasteiger partial charge in [-0.25, -0.2) is 0 Å². The van der Waals surface area contributed by atoms with Crippen molar-refractivity contribution in [3.8, 4) is 0 Å². The van der Waals surface area contributed by atoms with Gasteiger partial charge in [0.2, 0.25) is 0 Å². The van der Waals surface area contributed by atoms with Crippen LogP contribution in [0.5, 0.6) is 0 Å². The lowest BCUT2D eigenvalue weighted by atomic mass is 9.74. The summed E-state index contributed by atoms with van der Waals surface area (Å²) in [7, 11) is 1.80. The van der Waals surface area contributed by atoms with Crippen LogP contribution in [-0.4, -0.2) is 18.8 Å². The molecular weight excluding hydrogens is 266 g/mol. The van der Waals surface area contributed by atoms with Crippen molar-refractivity contribution in [3.05, 3.63) is 21.3 Å². The molecule has 18 heavy (non-hydrogen) atoms. The predicted octanol–water partition coefficient (Wildman–Crippen LogP) is 3.87. The van der Waals surface area contributed by atoms with Gasteiger partial charge in [-0.2, -0.15) is 0 Å². The van der Waals surface area contributed by atoms with Gasteiger partial charge in [0.1, 0.15) is 0 Å². The fourth-order valence-electron chi connectivity index (χ4n) is 2.84. The first-order valence-electron chi connectivity index (χ1n) is 6.61. The second kappa shape index (κ2) is 5.91. The minimum atomic E-state index is -0.136. The molecule has 0 radical (unpaired) electrons. The zero-order chi connectivity index (χ0) is 13.2. The molecule has 1 saturated carbocycles. The Morgan fingerprint density at radius 1 is 1.50 bits per heavy atom. The zero-order valence-electron chi connectivity index (χ0n) is 11.1. The van der Waals surface area contributed by atoms with Crippen molar-refractivity contribution < 1.29 is 4.74 Å². The van der Waals surface area contributed by atoms with E-state index in [1.807, 2.05) is 6.07 Å². The zero-order valence-corrected chi connectivity index (χ0v) is 12.7. The van der Waals surface area contributed by atoms with Gasteiger partial charge in [0.15, 0.2) is 0 Å². The third-order valence-corrected chi connectivity index (χ3v) is 5.51. The number of ether oxygens (including phenoxy) is 1. The highest BCUT2D eigenvalue weighted by Crippen LogP contribution is 2.37. The minimum absolute atomic E-state index is 0.0599. The number of halogens is 1. The van der Waals surface area contributed by atoms with E-state index in [2.05, 4.69) is 13.0 Å². The lowest BCUT2D eigenvalue weighted by Gasteiger charge is -2.42. The average molecular weight is 288 g/mol. The highest BCUT2D eigenvalue weighted by atomic mass is 35.5. The molecule has 0 spiro atoms. The van der Waals surface area contributed by atoms with Crippen LogP contribution in [0.25, 0.3) is 0 Å². The molecule has 1 aliphatic rings. The first kappa shape index (κ1) is 14.3. The molecule has 2 nitrogen and oxygen atoms in total. The maximum absolute atomic E-state index is 6.42. The van der Waals surface area contributed by atoms with Crippen LogP contribution in [0.1, 0.15) is 37.5 Å². The molecule has 2 rings (SSSR count). The smallest absolute Gasteiger partial charge is 0.0931 e. The molecule has 0 aromatic carbocycles. The van der Waals surface area contributed by atoms with Gasteiger partial charge in [-0.05, 0) is 50.2 Å². The van der Waals surface area contributed by atoms with E-state index in [4.69, 9.17) is 22.1 Å². The Morgan fingerprint density at radius 3 is 2.67 bits per heavy atom. The molecule has 1 heterocycles. The largest absolute Gasteiger partial charge is 0.377 e. The maximum atomic E-state index is 6.42. The third kappa shape index (κ3) is 3.08. The Balaban J connectivity index is 2.03. The Morgan fingerprint density at radius 2 is 2.17 bits per heavy atom. The van der Waals surface area contributed by atoms with Gasteiger partial charge in [-0.1, -0.05) is 18.5 Å². The van der Waals surface area contributed by atoms with Crippen molar-refractivity contribution in [2.75, 3.05) is 7.11 Å². The lowest BCUT2D eigenvalue weighted by molar-refractivity contribution is -0.0657. The van der Waals surface area contributed by atoms with Gasteiger partial charge in [-0.3, -0.25) is 0 Å². The quantitative estimate of drug-likeness (QED) is 0.912. The molecule has 1 aromatic rings. The van der Waals surface area contributed by atoms with Crippen molar-refractivity contribution >= 4 is 22.9 Å². The van der Waals surface area contributed by atoms with Gasteiger partial charge in [-0.15, -0.1) is 11.3 Å². The van der Waals surface area contributed by atoms with Crippen molar-refractivity contribution in [3.63, 3.8) is 0 Å². The van der Waals surface area contributed by atoms with E-state index < -0.39 is 0 Å². The average Bonchev–Trinajstić information content (AvgIpc) is 2.76. The van der Waals surface area contributed by atoms with Crippen LogP contribution in [-0.2, 0) is 11.2 Å². The molecule has 0 saturated heterocycles. The highest BCUT2D eigenvalue weighted by molar-refractivity contribution is 7.16. The van der Waals surface area contributed by atoms with Crippen LogP contribution in [0, 0.1) is 5.92 Å². The topological polar surface area (TPSA) is 35.2 Å². The van der Waals surface area contributed by atoms with Crippen molar-refractivity contribution in [1.29, 1.82) is 0 Å². The summed E-state index contributed by atoms with van der Waals surface area (Å²) in [6.45, 7) is 2.31. The van der Waals surface area contributed by atoms with Crippen molar-refractivity contribution in [1.82, 2.24) is 0 Å². The summed E-state index contributed by atoms with van der Waals surface area (Å²) < 4.78 is 6.65. The van der Waals surface area contributed by atoms with Gasteiger partial charge >= 0.3 is 0 Å². The molecule has 0 aliphatic heterocycles. The standard InChI is InChI=1S/C14H22ClNOS/c1-10-5-7-14(17-2,8-6-10)12(16)9-11-3-4-13(15)18-11/h3-4,10,12H,5-9,16H2,1-2H3. The molecule has 1 unspecified atom stereocenters. The van der Waals surface area contributed by atoms with Gasteiger partial charge in [0, 0.05) is 18.0 Å². The number of nitrogens with two attached hydrogens (primary N) is 1. The van der Waals surface area contributed by atoms with Crippen LogP contribution in [0.2, 0.25) is 4.34 Å². The first-order chi connectivity index (χ1) is 8.55. The molecule has 0 bridgehead atoms. The van der Waals surface area contributed by atoms with E-state index >= 15 is 0 Å². The van der Waals surface area contributed by atoms with Crippen molar-refractivity contribution in [2.24, 2.45) is 11.7 Å². The van der Waals surface area contributed by atoms with Crippen LogP contribution in [0.15, 0.2) is 12.1 Å². The van der Waals surface area contributed by atoms with Crippen LogP contribution in [0.4, 0.5) is 0 Å². The molecule has 4 heteroatoms. The number of hydrogen-bond donors (Lipinski definition) is 1. The molecule has 102 valence electrons. The molecule has 1 aromatic heterocycles. The highest BCUT2D eigenvalue weighted by Gasteiger charge is 2.39. The fraction of sp³-hybridized carbons (Fsp3) is 0.714. The minimum Gasteiger partial charge on any atom is -0.377 e. The molecule has 1 aliphatic carbocycles. The summed E-state index contributed by atoms with van der Waals surface area (Å²) in [5.74, 6) is 0.802. The summed E-state index contributed by atoms with van der Waals surface area (Å²) in [6.07, 6.45) is 5.44. The molecule has 1 fully saturated rings. The summed E-state index contributed by atoms with van der Waals surface area (Å²) in [5.41, 5.74) is 6.28. The normalized spacial score (nSPS) is 30.3. The van der Waals surface area contributed by atoms with Crippen LogP contribution < -0.4 is 5.73 Å². The molecule has 0 amide bonds. The number of methoxy groups -OCH3 is 1. The Labute approximate surface area is 118 Å². The van der Waals surface area contributed by atoms with Gasteiger partial charge in [0.25, 0.3) is 0 Å². The monoisotopic (exact) mass is 287 g/mol. The fourth-order valence-corrected chi connectivity index (χ4v) is 3.99. The molecule has 1 atom stereocenters. The van der Waals surface area contributed by atoms with E-state index in [9.17, 15) is 0 Å². The van der Waals surface area contributed by atoms with E-state index in [0.29, 0.717) is 0 Å². The first-order valence-corrected chi connectivity index (χ1v) is 7.80. The second-order valence-electron chi connectivity index (χ2n) is 5.47. The lowest BCUT2D eigenvalue weighted by Crippen LogP contribution is -2.52. The maximum Gasteiger partial charge on any atom is 0.0931 e. The summed E-state index contributed by atoms with van der Waals surface area (Å²) in [6, 6.07) is 4.07. The van der Waals surface area contributed by atoms with E-state index in [1.165, 1.54) is 17.7 Å². The van der Waals surface area contributed by atoms with Crippen LogP contribution in [0.3, 0.4) is 0 Å². The Kier molecular flexibility index (Phi) is 4.70. The van der Waals surface area contributed by atoms with E-state index in [1.54, 1.807) is 18.4 Å². The number of thiophene rings is 1. The Bertz CT molecular complexity index is 385. The Hall–Kier alpha value is -0.0900. The molecule has 2 N–H and O–H groups in total. The summed E-state index contributed by atoms with van der Waals surface area (Å²) in [5, 5.41) is 0. The van der Waals surface area contributed by atoms with E-state index in [0.717, 1.165) is 29.5 Å². The second-order valence-corrected chi connectivity index (χ2v) is 7.27. The number of hydrogen-bond acceptors (Lipinski definition) is 3. The van der Waals surface area contributed by atoms with Crippen LogP contribution >= 0.6 is 22.9 Å². The van der Waals surface area contributed by atoms with Crippen molar-refractivity contribution in [2.45, 2.75) is 50.7 Å². The molecular formula is C14H22ClNOS. The van der Waals surface area contributed by atoms with E-state index in [-0.39, 0.29) is 11.6 Å². The summed E-state index contributed by atoms with van der Waals surface area (Å²) >= 11 is 7.58. The predicted molar refractivity (Wildman–Crippen MR) is 78.4 cm³/mol. The number of rotatable bonds is 4. The SMILES string of the molecule is COC1(C(N)Cc2ccc(Cl)s2)CCC(C)CC1. The third-order valence-electron chi connectivity index (χ3n) is 4.25. The summed E-state index contributed by atoms with van der Waals surface area (Å²) in [4.78, 5) is 1.25.